The number of hydrogen-bond acceptors (Lipinski definition) is 2. The summed E-state index contributed by atoms with van der Waals surface area (Å²) in [7, 11) is -1.39. The molecule has 0 saturated heterocycles. The average molecular weight is 237 g/mol. The van der Waals surface area contributed by atoms with Gasteiger partial charge in [-0.15, -0.1) is 0 Å². The van der Waals surface area contributed by atoms with Crippen LogP contribution in [0.2, 0.25) is 10.0 Å². The molecule has 0 spiro atoms. The van der Waals surface area contributed by atoms with Crippen molar-refractivity contribution in [3.05, 3.63) is 28.2 Å². The fraction of sp³-hybridized carbons (Fsp3) is 0.125. The maximum absolute atomic E-state index is 11.4. The Labute approximate surface area is 88.3 Å². The molecule has 5 heteroatoms. The molecule has 0 aliphatic heterocycles. The van der Waals surface area contributed by atoms with Crippen molar-refractivity contribution < 1.29 is 9.00 Å². The number of halogens is 2. The van der Waals surface area contributed by atoms with E-state index in [0.29, 0.717) is 21.2 Å². The first-order chi connectivity index (χ1) is 6.15. The van der Waals surface area contributed by atoms with Gasteiger partial charge in [-0.2, -0.15) is 0 Å². The Morgan fingerprint density at radius 3 is 2.69 bits per heavy atom. The van der Waals surface area contributed by atoms with Gasteiger partial charge >= 0.3 is 0 Å². The number of aldehydes is 1. The third-order valence-corrected chi connectivity index (χ3v) is 3.30. The molecular formula is C8H6Cl2O2S. The first-order valence-electron chi connectivity index (χ1n) is 3.42. The van der Waals surface area contributed by atoms with Crippen molar-refractivity contribution in [2.24, 2.45) is 0 Å². The highest BCUT2D eigenvalue weighted by Crippen LogP contribution is 2.23. The van der Waals surface area contributed by atoms with E-state index in [9.17, 15) is 9.00 Å². The first kappa shape index (κ1) is 10.7. The summed E-state index contributed by atoms with van der Waals surface area (Å²) in [6.45, 7) is 0. The van der Waals surface area contributed by atoms with E-state index in [1.165, 1.54) is 6.07 Å². The van der Waals surface area contributed by atoms with Gasteiger partial charge in [0.2, 0.25) is 0 Å². The van der Waals surface area contributed by atoms with Gasteiger partial charge in [0.15, 0.2) is 0 Å². The molecule has 0 aliphatic rings. The number of rotatable bonds is 3. The summed E-state index contributed by atoms with van der Waals surface area (Å²) in [5.74, 6) is -0.0555. The highest BCUT2D eigenvalue weighted by Gasteiger charge is 2.08. The van der Waals surface area contributed by atoms with Crippen molar-refractivity contribution in [1.82, 2.24) is 0 Å². The van der Waals surface area contributed by atoms with Gasteiger partial charge in [0.25, 0.3) is 0 Å². The minimum absolute atomic E-state index is 0.0555. The van der Waals surface area contributed by atoms with Crippen molar-refractivity contribution in [2.45, 2.75) is 4.90 Å². The lowest BCUT2D eigenvalue weighted by Crippen LogP contribution is -1.99. The normalized spacial score (nSPS) is 12.5. The van der Waals surface area contributed by atoms with Gasteiger partial charge in [-0.1, -0.05) is 23.2 Å². The van der Waals surface area contributed by atoms with Crippen LogP contribution in [0.3, 0.4) is 0 Å². The molecular weight excluding hydrogens is 231 g/mol. The molecule has 1 aromatic carbocycles. The van der Waals surface area contributed by atoms with E-state index < -0.39 is 10.8 Å². The van der Waals surface area contributed by atoms with Gasteiger partial charge < -0.3 is 4.79 Å². The van der Waals surface area contributed by atoms with Crippen LogP contribution in [0.25, 0.3) is 0 Å². The molecule has 0 radical (unpaired) electrons. The van der Waals surface area contributed by atoms with Crippen LogP contribution in [0.5, 0.6) is 0 Å². The topological polar surface area (TPSA) is 34.1 Å². The maximum atomic E-state index is 11.4. The van der Waals surface area contributed by atoms with Crippen LogP contribution in [0.15, 0.2) is 23.1 Å². The molecule has 0 fully saturated rings. The predicted octanol–water partition coefficient (Wildman–Crippen LogP) is 2.30. The molecule has 0 amide bonds. The Balaban J connectivity index is 3.05. The fourth-order valence-corrected chi connectivity index (χ4v) is 2.26. The Hall–Kier alpha value is -0.380. The van der Waals surface area contributed by atoms with Crippen LogP contribution in [0.1, 0.15) is 0 Å². The molecule has 1 rings (SSSR count). The van der Waals surface area contributed by atoms with E-state index in [4.69, 9.17) is 23.2 Å². The Morgan fingerprint density at radius 1 is 1.38 bits per heavy atom. The van der Waals surface area contributed by atoms with E-state index in [1.807, 2.05) is 0 Å². The van der Waals surface area contributed by atoms with Crippen LogP contribution in [-0.2, 0) is 15.6 Å². The van der Waals surface area contributed by atoms with Gasteiger partial charge in [0.05, 0.1) is 26.5 Å². The SMILES string of the molecule is O=CCS(=O)c1cc(Cl)ccc1Cl. The van der Waals surface area contributed by atoms with Crippen LogP contribution < -0.4 is 0 Å². The molecule has 0 N–H and O–H groups in total. The summed E-state index contributed by atoms with van der Waals surface area (Å²) in [6, 6.07) is 4.66. The Morgan fingerprint density at radius 2 is 2.08 bits per heavy atom. The molecule has 70 valence electrons. The standard InChI is InChI=1S/C8H6Cl2O2S/c9-6-1-2-7(10)8(5-6)13(12)4-3-11/h1-3,5H,4H2. The van der Waals surface area contributed by atoms with Crippen molar-refractivity contribution in [1.29, 1.82) is 0 Å². The number of carbonyl (C=O) groups is 1. The lowest BCUT2D eigenvalue weighted by Gasteiger charge is -2.01. The molecule has 0 bridgehead atoms. The highest BCUT2D eigenvalue weighted by atomic mass is 35.5. The Kier molecular flexibility index (Phi) is 3.90. The minimum atomic E-state index is -1.39. The van der Waals surface area contributed by atoms with Crippen molar-refractivity contribution in [3.8, 4) is 0 Å². The molecule has 13 heavy (non-hydrogen) atoms. The molecule has 0 saturated carbocycles. The smallest absolute Gasteiger partial charge is 0.132 e. The van der Waals surface area contributed by atoms with Crippen LogP contribution in [0.4, 0.5) is 0 Å². The summed E-state index contributed by atoms with van der Waals surface area (Å²) >= 11 is 11.4. The van der Waals surface area contributed by atoms with Crippen LogP contribution in [0, 0.1) is 0 Å². The van der Waals surface area contributed by atoms with Crippen molar-refractivity contribution in [2.75, 3.05) is 5.75 Å². The van der Waals surface area contributed by atoms with Crippen molar-refractivity contribution >= 4 is 40.3 Å². The second kappa shape index (κ2) is 4.74. The molecule has 0 heterocycles. The van der Waals surface area contributed by atoms with Crippen LogP contribution >= 0.6 is 23.2 Å². The summed E-state index contributed by atoms with van der Waals surface area (Å²) in [6.07, 6.45) is 0.591. The van der Waals surface area contributed by atoms with E-state index >= 15 is 0 Å². The van der Waals surface area contributed by atoms with Gasteiger partial charge in [0.1, 0.15) is 6.29 Å². The molecule has 0 aliphatic carbocycles. The molecule has 1 aromatic rings. The van der Waals surface area contributed by atoms with Gasteiger partial charge in [-0.25, -0.2) is 0 Å². The zero-order valence-corrected chi connectivity index (χ0v) is 8.83. The quantitative estimate of drug-likeness (QED) is 0.756. The first-order valence-corrected chi connectivity index (χ1v) is 5.49. The average Bonchev–Trinajstić information content (AvgIpc) is 2.09. The van der Waals surface area contributed by atoms with E-state index in [-0.39, 0.29) is 5.75 Å². The van der Waals surface area contributed by atoms with Crippen molar-refractivity contribution in [3.63, 3.8) is 0 Å². The molecule has 0 aromatic heterocycles. The number of hydrogen-bond donors (Lipinski definition) is 0. The third-order valence-electron chi connectivity index (χ3n) is 1.36. The zero-order valence-electron chi connectivity index (χ0n) is 6.50. The second-order valence-corrected chi connectivity index (χ2v) is 4.56. The predicted molar refractivity (Wildman–Crippen MR) is 53.8 cm³/mol. The highest BCUT2D eigenvalue weighted by molar-refractivity contribution is 7.85. The van der Waals surface area contributed by atoms with E-state index in [2.05, 4.69) is 0 Å². The lowest BCUT2D eigenvalue weighted by molar-refractivity contribution is -0.105. The summed E-state index contributed by atoms with van der Waals surface area (Å²) in [5, 5.41) is 0.822. The van der Waals surface area contributed by atoms with Gasteiger partial charge in [-0.05, 0) is 18.2 Å². The van der Waals surface area contributed by atoms with E-state index in [1.54, 1.807) is 12.1 Å². The summed E-state index contributed by atoms with van der Waals surface area (Å²) in [5.41, 5.74) is 0. The molecule has 1 unspecified atom stereocenters. The van der Waals surface area contributed by atoms with Gasteiger partial charge in [0, 0.05) is 5.02 Å². The van der Waals surface area contributed by atoms with Gasteiger partial charge in [-0.3, -0.25) is 4.21 Å². The summed E-state index contributed by atoms with van der Waals surface area (Å²) in [4.78, 5) is 10.5. The number of carbonyl (C=O) groups excluding carboxylic acids is 1. The summed E-state index contributed by atoms with van der Waals surface area (Å²) < 4.78 is 11.4. The number of benzene rings is 1. The van der Waals surface area contributed by atoms with E-state index in [0.717, 1.165) is 0 Å². The largest absolute Gasteiger partial charge is 0.302 e. The third kappa shape index (κ3) is 2.79. The molecule has 2 nitrogen and oxygen atoms in total. The minimum Gasteiger partial charge on any atom is -0.302 e. The van der Waals surface area contributed by atoms with Crippen LogP contribution in [-0.4, -0.2) is 16.2 Å². The zero-order chi connectivity index (χ0) is 9.84. The maximum Gasteiger partial charge on any atom is 0.132 e. The lowest BCUT2D eigenvalue weighted by atomic mass is 10.4. The molecule has 1 atom stereocenters. The fourth-order valence-electron chi connectivity index (χ4n) is 0.803. The Bertz CT molecular complexity index is 352. The second-order valence-electron chi connectivity index (χ2n) is 2.25. The monoisotopic (exact) mass is 236 g/mol.